The minimum absolute atomic E-state index is 0.0575. The Balaban J connectivity index is 3.93. The number of hydrogen-bond acceptors (Lipinski definition) is 3. The molecule has 13 heavy (non-hydrogen) atoms. The van der Waals surface area contributed by atoms with Crippen LogP contribution in [0.3, 0.4) is 0 Å². The summed E-state index contributed by atoms with van der Waals surface area (Å²) in [5.41, 5.74) is 0. The molecule has 0 saturated carbocycles. The Morgan fingerprint density at radius 3 is 2.46 bits per heavy atom. The van der Waals surface area contributed by atoms with Crippen LogP contribution in [0.5, 0.6) is 0 Å². The zero-order chi connectivity index (χ0) is 10.5. The van der Waals surface area contributed by atoms with E-state index < -0.39 is 11.8 Å². The van der Waals surface area contributed by atoms with Gasteiger partial charge in [-0.2, -0.15) is 4.39 Å². The van der Waals surface area contributed by atoms with Crippen molar-refractivity contribution in [1.29, 1.82) is 0 Å². The van der Waals surface area contributed by atoms with Crippen molar-refractivity contribution < 1.29 is 18.7 Å². The number of methoxy groups -OCH3 is 1. The zero-order valence-electron chi connectivity index (χ0n) is 8.59. The second-order valence-corrected chi connectivity index (χ2v) is 3.42. The van der Waals surface area contributed by atoms with Crippen molar-refractivity contribution >= 4 is 5.97 Å². The molecule has 3 nitrogen and oxygen atoms in total. The standard InChI is InChI=1S/C9H17FO3/c1-7(2)8(11)13-9(3,10)5-6-12-4/h7H,5-6H2,1-4H3. The quantitative estimate of drug-likeness (QED) is 0.624. The average Bonchev–Trinajstić information content (AvgIpc) is 2.00. The van der Waals surface area contributed by atoms with Crippen LogP contribution in [0.4, 0.5) is 4.39 Å². The van der Waals surface area contributed by atoms with Crippen molar-refractivity contribution in [2.45, 2.75) is 33.0 Å². The van der Waals surface area contributed by atoms with Gasteiger partial charge in [-0.3, -0.25) is 4.79 Å². The molecule has 0 aromatic carbocycles. The summed E-state index contributed by atoms with van der Waals surface area (Å²) >= 11 is 0. The van der Waals surface area contributed by atoms with Crippen molar-refractivity contribution in [2.24, 2.45) is 5.92 Å². The molecule has 78 valence electrons. The molecule has 0 saturated heterocycles. The maximum absolute atomic E-state index is 13.4. The number of ether oxygens (including phenoxy) is 2. The summed E-state index contributed by atoms with van der Waals surface area (Å²) in [4.78, 5) is 11.0. The van der Waals surface area contributed by atoms with Crippen molar-refractivity contribution in [3.63, 3.8) is 0 Å². The summed E-state index contributed by atoms with van der Waals surface area (Å²) in [5, 5.41) is 0. The molecular formula is C9H17FO3. The molecule has 1 unspecified atom stereocenters. The highest BCUT2D eigenvalue weighted by atomic mass is 19.2. The predicted molar refractivity (Wildman–Crippen MR) is 46.9 cm³/mol. The molecule has 0 N–H and O–H groups in total. The highest BCUT2D eigenvalue weighted by Gasteiger charge is 2.28. The molecule has 0 radical (unpaired) electrons. The number of carbonyl (C=O) groups is 1. The Labute approximate surface area is 78.2 Å². The second kappa shape index (κ2) is 5.17. The van der Waals surface area contributed by atoms with Crippen LogP contribution in [0.1, 0.15) is 27.2 Å². The minimum Gasteiger partial charge on any atom is -0.429 e. The van der Waals surface area contributed by atoms with E-state index in [4.69, 9.17) is 0 Å². The third kappa shape index (κ3) is 5.58. The first kappa shape index (κ1) is 12.4. The van der Waals surface area contributed by atoms with Gasteiger partial charge >= 0.3 is 5.97 Å². The molecule has 0 fully saturated rings. The number of esters is 1. The lowest BCUT2D eigenvalue weighted by Crippen LogP contribution is -2.30. The van der Waals surface area contributed by atoms with Gasteiger partial charge in [0.05, 0.1) is 12.5 Å². The van der Waals surface area contributed by atoms with Crippen molar-refractivity contribution in [1.82, 2.24) is 0 Å². The lowest BCUT2D eigenvalue weighted by Gasteiger charge is -2.21. The SMILES string of the molecule is COCCC(C)(F)OC(=O)C(C)C. The van der Waals surface area contributed by atoms with Gasteiger partial charge in [-0.15, -0.1) is 0 Å². The third-order valence-electron chi connectivity index (χ3n) is 1.54. The smallest absolute Gasteiger partial charge is 0.311 e. The van der Waals surface area contributed by atoms with Gasteiger partial charge in [0.25, 0.3) is 5.85 Å². The van der Waals surface area contributed by atoms with E-state index in [2.05, 4.69) is 9.47 Å². The Morgan fingerprint density at radius 2 is 2.08 bits per heavy atom. The Hall–Kier alpha value is -0.640. The highest BCUT2D eigenvalue weighted by molar-refractivity contribution is 5.71. The fourth-order valence-electron chi connectivity index (χ4n) is 0.663. The van der Waals surface area contributed by atoms with Crippen LogP contribution >= 0.6 is 0 Å². The normalized spacial score (nSPS) is 15.5. The van der Waals surface area contributed by atoms with Crippen LogP contribution in [0, 0.1) is 5.92 Å². The highest BCUT2D eigenvalue weighted by Crippen LogP contribution is 2.18. The van der Waals surface area contributed by atoms with Crippen molar-refractivity contribution in [3.8, 4) is 0 Å². The van der Waals surface area contributed by atoms with Gasteiger partial charge in [0, 0.05) is 20.5 Å². The first-order valence-corrected chi connectivity index (χ1v) is 4.30. The van der Waals surface area contributed by atoms with Gasteiger partial charge in [-0.05, 0) is 0 Å². The molecule has 0 aliphatic heterocycles. The molecule has 0 aromatic heterocycles. The molecule has 0 aromatic rings. The second-order valence-electron chi connectivity index (χ2n) is 3.42. The van der Waals surface area contributed by atoms with Crippen LogP contribution in [0.25, 0.3) is 0 Å². The number of rotatable bonds is 5. The average molecular weight is 192 g/mol. The number of alkyl halides is 1. The van der Waals surface area contributed by atoms with Crippen LogP contribution in [-0.4, -0.2) is 25.5 Å². The van der Waals surface area contributed by atoms with Crippen molar-refractivity contribution in [3.05, 3.63) is 0 Å². The van der Waals surface area contributed by atoms with Crippen molar-refractivity contribution in [2.75, 3.05) is 13.7 Å². The molecular weight excluding hydrogens is 175 g/mol. The third-order valence-corrected chi connectivity index (χ3v) is 1.54. The summed E-state index contributed by atoms with van der Waals surface area (Å²) in [6.07, 6.45) is 0.0575. The van der Waals surface area contributed by atoms with Crippen LogP contribution in [0.2, 0.25) is 0 Å². The van der Waals surface area contributed by atoms with E-state index in [9.17, 15) is 9.18 Å². The molecule has 4 heteroatoms. The topological polar surface area (TPSA) is 35.5 Å². The van der Waals surface area contributed by atoms with E-state index >= 15 is 0 Å². The number of carbonyl (C=O) groups excluding carboxylic acids is 1. The summed E-state index contributed by atoms with van der Waals surface area (Å²) in [7, 11) is 1.47. The lowest BCUT2D eigenvalue weighted by atomic mass is 10.2. The lowest BCUT2D eigenvalue weighted by molar-refractivity contribution is -0.185. The predicted octanol–water partition coefficient (Wildman–Crippen LogP) is 1.91. The van der Waals surface area contributed by atoms with Gasteiger partial charge in [-0.1, -0.05) is 13.8 Å². The monoisotopic (exact) mass is 192 g/mol. The molecule has 0 rings (SSSR count). The molecule has 0 heterocycles. The molecule has 1 atom stereocenters. The van der Waals surface area contributed by atoms with Gasteiger partial charge < -0.3 is 9.47 Å². The Bertz CT molecular complexity index is 166. The fourth-order valence-corrected chi connectivity index (χ4v) is 0.663. The van der Waals surface area contributed by atoms with Gasteiger partial charge in [0.2, 0.25) is 0 Å². The summed E-state index contributed by atoms with van der Waals surface area (Å²) < 4.78 is 22.7. The van der Waals surface area contributed by atoms with Crippen LogP contribution in [0.15, 0.2) is 0 Å². The maximum Gasteiger partial charge on any atom is 0.311 e. The maximum atomic E-state index is 13.4. The zero-order valence-corrected chi connectivity index (χ0v) is 8.59. The largest absolute Gasteiger partial charge is 0.429 e. The molecule has 0 spiro atoms. The van der Waals surface area contributed by atoms with E-state index in [1.165, 1.54) is 14.0 Å². The van der Waals surface area contributed by atoms with E-state index in [1.54, 1.807) is 13.8 Å². The fraction of sp³-hybridized carbons (Fsp3) is 0.889. The number of hydrogen-bond donors (Lipinski definition) is 0. The van der Waals surface area contributed by atoms with Crippen LogP contribution in [-0.2, 0) is 14.3 Å². The molecule has 0 aliphatic carbocycles. The van der Waals surface area contributed by atoms with E-state index in [1.807, 2.05) is 0 Å². The van der Waals surface area contributed by atoms with Gasteiger partial charge in [0.15, 0.2) is 0 Å². The van der Waals surface area contributed by atoms with Gasteiger partial charge in [0.1, 0.15) is 0 Å². The van der Waals surface area contributed by atoms with E-state index in [-0.39, 0.29) is 18.9 Å². The molecule has 0 amide bonds. The Morgan fingerprint density at radius 1 is 1.54 bits per heavy atom. The van der Waals surface area contributed by atoms with Gasteiger partial charge in [-0.25, -0.2) is 0 Å². The first-order valence-electron chi connectivity index (χ1n) is 4.30. The number of halogens is 1. The Kier molecular flexibility index (Phi) is 4.91. The first-order chi connectivity index (χ1) is 5.89. The van der Waals surface area contributed by atoms with E-state index in [0.717, 1.165) is 0 Å². The summed E-state index contributed by atoms with van der Waals surface area (Å²) in [5.74, 6) is -2.75. The molecule has 0 aliphatic rings. The van der Waals surface area contributed by atoms with E-state index in [0.29, 0.717) is 0 Å². The summed E-state index contributed by atoms with van der Waals surface area (Å²) in [6, 6.07) is 0. The minimum atomic E-state index is -1.92. The molecule has 0 bridgehead atoms. The van der Waals surface area contributed by atoms with Crippen LogP contribution < -0.4 is 0 Å². The summed E-state index contributed by atoms with van der Waals surface area (Å²) in [6.45, 7) is 4.79.